The number of rotatable bonds is 2. The van der Waals surface area contributed by atoms with Gasteiger partial charge in [0.1, 0.15) is 5.69 Å². The first kappa shape index (κ1) is 12.6. The number of aromatic carboxylic acids is 1. The van der Waals surface area contributed by atoms with Crippen LogP contribution in [0.2, 0.25) is 0 Å². The number of aryl methyl sites for hydroxylation is 1. The Kier molecular flexibility index (Phi) is 2.56. The Labute approximate surface area is 125 Å². The van der Waals surface area contributed by atoms with E-state index in [2.05, 4.69) is 16.1 Å². The third-order valence-electron chi connectivity index (χ3n) is 3.93. The number of aromatic amines is 1. The standard InChI is InChI=1S/C17H13N3O2/c1-20-15-9-12(17(21)22)4-5-13(15)16(19-20)11-3-2-10-6-7-18-14(10)8-11/h2-9,18H,1H3,(H,21,22). The van der Waals surface area contributed by atoms with E-state index < -0.39 is 5.97 Å². The third-order valence-corrected chi connectivity index (χ3v) is 3.93. The lowest BCUT2D eigenvalue weighted by Crippen LogP contribution is -1.96. The van der Waals surface area contributed by atoms with Crippen LogP contribution in [0.4, 0.5) is 0 Å². The summed E-state index contributed by atoms with van der Waals surface area (Å²) in [6, 6.07) is 13.2. The molecule has 0 saturated heterocycles. The van der Waals surface area contributed by atoms with Gasteiger partial charge in [-0.15, -0.1) is 0 Å². The van der Waals surface area contributed by atoms with Gasteiger partial charge in [-0.25, -0.2) is 4.79 Å². The second-order valence-corrected chi connectivity index (χ2v) is 5.29. The van der Waals surface area contributed by atoms with Crippen LogP contribution in [0, 0.1) is 0 Å². The third kappa shape index (κ3) is 1.79. The lowest BCUT2D eigenvalue weighted by molar-refractivity contribution is 0.0697. The molecule has 2 heterocycles. The Balaban J connectivity index is 1.96. The van der Waals surface area contributed by atoms with Crippen molar-refractivity contribution in [2.45, 2.75) is 0 Å². The maximum atomic E-state index is 11.1. The number of benzene rings is 2. The molecule has 4 rings (SSSR count). The molecule has 0 unspecified atom stereocenters. The van der Waals surface area contributed by atoms with Crippen LogP contribution in [0.3, 0.4) is 0 Å². The molecular formula is C17H13N3O2. The molecule has 0 spiro atoms. The molecule has 0 aliphatic carbocycles. The Bertz CT molecular complexity index is 1030. The molecule has 22 heavy (non-hydrogen) atoms. The number of nitrogens with one attached hydrogen (secondary N) is 1. The van der Waals surface area contributed by atoms with E-state index >= 15 is 0 Å². The SMILES string of the molecule is Cn1nc(-c2ccc3cc[nH]c3c2)c2ccc(C(=O)O)cc21. The fourth-order valence-electron chi connectivity index (χ4n) is 2.80. The number of carboxylic acids is 1. The maximum absolute atomic E-state index is 11.1. The minimum absolute atomic E-state index is 0.266. The van der Waals surface area contributed by atoms with Crippen LogP contribution in [0.25, 0.3) is 33.1 Å². The zero-order valence-electron chi connectivity index (χ0n) is 11.9. The average Bonchev–Trinajstić information content (AvgIpc) is 3.11. The molecule has 0 aliphatic heterocycles. The van der Waals surface area contributed by atoms with Crippen molar-refractivity contribution in [3.8, 4) is 11.3 Å². The lowest BCUT2D eigenvalue weighted by Gasteiger charge is -1.99. The molecule has 5 heteroatoms. The number of nitrogens with zero attached hydrogens (tertiary/aromatic N) is 2. The second-order valence-electron chi connectivity index (χ2n) is 5.29. The zero-order valence-corrected chi connectivity index (χ0v) is 11.9. The van der Waals surface area contributed by atoms with Gasteiger partial charge in [-0.2, -0.15) is 5.10 Å². The van der Waals surface area contributed by atoms with Crippen molar-refractivity contribution in [3.63, 3.8) is 0 Å². The maximum Gasteiger partial charge on any atom is 0.335 e. The highest BCUT2D eigenvalue weighted by molar-refractivity contribution is 5.99. The molecule has 0 aliphatic rings. The van der Waals surface area contributed by atoms with E-state index in [9.17, 15) is 4.79 Å². The normalized spacial score (nSPS) is 11.3. The van der Waals surface area contributed by atoms with Crippen LogP contribution < -0.4 is 0 Å². The molecule has 5 nitrogen and oxygen atoms in total. The van der Waals surface area contributed by atoms with E-state index in [1.165, 1.54) is 0 Å². The van der Waals surface area contributed by atoms with Gasteiger partial charge in [0.2, 0.25) is 0 Å². The van der Waals surface area contributed by atoms with E-state index in [1.54, 1.807) is 16.8 Å². The molecule has 0 atom stereocenters. The van der Waals surface area contributed by atoms with Crippen molar-refractivity contribution in [2.75, 3.05) is 0 Å². The minimum atomic E-state index is -0.933. The highest BCUT2D eigenvalue weighted by Gasteiger charge is 2.13. The summed E-state index contributed by atoms with van der Waals surface area (Å²) in [6.45, 7) is 0. The van der Waals surface area contributed by atoms with E-state index in [0.717, 1.165) is 33.1 Å². The molecule has 2 aromatic heterocycles. The zero-order chi connectivity index (χ0) is 15.3. The topological polar surface area (TPSA) is 70.9 Å². The van der Waals surface area contributed by atoms with Gasteiger partial charge < -0.3 is 10.1 Å². The Morgan fingerprint density at radius 1 is 1.18 bits per heavy atom. The molecule has 2 aromatic carbocycles. The summed E-state index contributed by atoms with van der Waals surface area (Å²) in [5.41, 5.74) is 3.98. The summed E-state index contributed by atoms with van der Waals surface area (Å²) in [6.07, 6.45) is 1.91. The predicted octanol–water partition coefficient (Wildman–Crippen LogP) is 3.42. The fraction of sp³-hybridized carbons (Fsp3) is 0.0588. The molecule has 0 bridgehead atoms. The predicted molar refractivity (Wildman–Crippen MR) is 85.0 cm³/mol. The number of carboxylic acid groups (broad SMARTS) is 1. The largest absolute Gasteiger partial charge is 0.478 e. The van der Waals surface area contributed by atoms with Crippen LogP contribution in [0.1, 0.15) is 10.4 Å². The van der Waals surface area contributed by atoms with Crippen LogP contribution in [-0.2, 0) is 7.05 Å². The average molecular weight is 291 g/mol. The van der Waals surface area contributed by atoms with Crippen LogP contribution in [0.5, 0.6) is 0 Å². The fourth-order valence-corrected chi connectivity index (χ4v) is 2.80. The van der Waals surface area contributed by atoms with Crippen molar-refractivity contribution in [1.82, 2.24) is 14.8 Å². The van der Waals surface area contributed by atoms with Crippen molar-refractivity contribution >= 4 is 27.8 Å². The van der Waals surface area contributed by atoms with Crippen LogP contribution in [0.15, 0.2) is 48.7 Å². The highest BCUT2D eigenvalue weighted by Crippen LogP contribution is 2.30. The molecule has 0 fully saturated rings. The number of aromatic nitrogens is 3. The first-order chi connectivity index (χ1) is 10.6. The molecule has 4 aromatic rings. The smallest absolute Gasteiger partial charge is 0.335 e. The number of H-pyrrole nitrogens is 1. The quantitative estimate of drug-likeness (QED) is 0.594. The van der Waals surface area contributed by atoms with E-state index in [4.69, 9.17) is 5.11 Å². The summed E-state index contributed by atoms with van der Waals surface area (Å²) in [7, 11) is 1.82. The lowest BCUT2D eigenvalue weighted by atomic mass is 10.0. The van der Waals surface area contributed by atoms with Gasteiger partial charge in [-0.1, -0.05) is 12.1 Å². The number of carbonyl (C=O) groups is 1. The number of hydrogen-bond donors (Lipinski definition) is 2. The Hall–Kier alpha value is -3.08. The van der Waals surface area contributed by atoms with E-state index in [0.29, 0.717) is 0 Å². The van der Waals surface area contributed by atoms with E-state index in [-0.39, 0.29) is 5.56 Å². The van der Waals surface area contributed by atoms with E-state index in [1.807, 2.05) is 37.5 Å². The van der Waals surface area contributed by atoms with Crippen molar-refractivity contribution < 1.29 is 9.90 Å². The molecule has 2 N–H and O–H groups in total. The molecule has 0 radical (unpaired) electrons. The van der Waals surface area contributed by atoms with Gasteiger partial charge in [-0.05, 0) is 35.7 Å². The minimum Gasteiger partial charge on any atom is -0.478 e. The monoisotopic (exact) mass is 291 g/mol. The van der Waals surface area contributed by atoms with Crippen molar-refractivity contribution in [2.24, 2.45) is 7.05 Å². The van der Waals surface area contributed by atoms with Crippen LogP contribution >= 0.6 is 0 Å². The summed E-state index contributed by atoms with van der Waals surface area (Å²) in [5.74, 6) is -0.933. The van der Waals surface area contributed by atoms with Crippen molar-refractivity contribution in [3.05, 3.63) is 54.2 Å². The summed E-state index contributed by atoms with van der Waals surface area (Å²) < 4.78 is 1.72. The summed E-state index contributed by atoms with van der Waals surface area (Å²) in [4.78, 5) is 14.3. The van der Waals surface area contributed by atoms with Gasteiger partial charge in [0, 0.05) is 29.7 Å². The number of fused-ring (bicyclic) bond motifs is 2. The Morgan fingerprint density at radius 3 is 2.86 bits per heavy atom. The van der Waals surface area contributed by atoms with Gasteiger partial charge >= 0.3 is 5.97 Å². The molecule has 0 amide bonds. The molecular weight excluding hydrogens is 278 g/mol. The van der Waals surface area contributed by atoms with Crippen LogP contribution in [-0.4, -0.2) is 25.8 Å². The molecule has 0 saturated carbocycles. The molecule has 108 valence electrons. The van der Waals surface area contributed by atoms with Gasteiger partial charge in [0.15, 0.2) is 0 Å². The van der Waals surface area contributed by atoms with Gasteiger partial charge in [-0.3, -0.25) is 4.68 Å². The highest BCUT2D eigenvalue weighted by atomic mass is 16.4. The van der Waals surface area contributed by atoms with Gasteiger partial charge in [0.25, 0.3) is 0 Å². The summed E-state index contributed by atoms with van der Waals surface area (Å²) in [5, 5.41) is 15.8. The first-order valence-electron chi connectivity index (χ1n) is 6.91. The van der Waals surface area contributed by atoms with Crippen molar-refractivity contribution in [1.29, 1.82) is 0 Å². The Morgan fingerprint density at radius 2 is 2.05 bits per heavy atom. The second kappa shape index (κ2) is 4.46. The summed E-state index contributed by atoms with van der Waals surface area (Å²) >= 11 is 0. The first-order valence-corrected chi connectivity index (χ1v) is 6.91. The number of hydrogen-bond acceptors (Lipinski definition) is 2. The van der Waals surface area contributed by atoms with Gasteiger partial charge in [0.05, 0.1) is 11.1 Å².